The molecular weight excluding hydrogens is 203 g/mol. The van der Waals surface area contributed by atoms with Gasteiger partial charge in [0.1, 0.15) is 5.82 Å². The van der Waals surface area contributed by atoms with Crippen molar-refractivity contribution in [3.63, 3.8) is 0 Å². The van der Waals surface area contributed by atoms with Crippen LogP contribution in [-0.4, -0.2) is 6.04 Å². The van der Waals surface area contributed by atoms with Gasteiger partial charge in [-0.3, -0.25) is 0 Å². The van der Waals surface area contributed by atoms with E-state index in [1.807, 2.05) is 6.07 Å². The standard InChI is InChI=1S/C13H17FN2/c1-4-13(9(2)3)16-12-6-10(8-15)5-11(14)7-12/h5-7,9,13,16H,4H2,1-3H3. The largest absolute Gasteiger partial charge is 0.382 e. The summed E-state index contributed by atoms with van der Waals surface area (Å²) in [6.45, 7) is 6.32. The van der Waals surface area contributed by atoms with E-state index in [1.165, 1.54) is 12.1 Å². The number of nitrogens with one attached hydrogen (secondary N) is 1. The van der Waals surface area contributed by atoms with Crippen LogP contribution < -0.4 is 5.32 Å². The molecule has 0 aromatic heterocycles. The fraction of sp³-hybridized carbons (Fsp3) is 0.462. The van der Waals surface area contributed by atoms with Crippen molar-refractivity contribution in [1.82, 2.24) is 0 Å². The number of nitriles is 1. The van der Waals surface area contributed by atoms with Gasteiger partial charge in [-0.15, -0.1) is 0 Å². The van der Waals surface area contributed by atoms with Gasteiger partial charge in [-0.2, -0.15) is 5.26 Å². The molecule has 0 fully saturated rings. The van der Waals surface area contributed by atoms with Crippen LogP contribution in [0.3, 0.4) is 0 Å². The molecule has 0 aliphatic carbocycles. The highest BCUT2D eigenvalue weighted by atomic mass is 19.1. The second-order valence-electron chi connectivity index (χ2n) is 4.24. The van der Waals surface area contributed by atoms with Crippen molar-refractivity contribution in [2.45, 2.75) is 33.2 Å². The quantitative estimate of drug-likeness (QED) is 0.842. The van der Waals surface area contributed by atoms with Gasteiger partial charge in [0.15, 0.2) is 0 Å². The summed E-state index contributed by atoms with van der Waals surface area (Å²) in [5.41, 5.74) is 1.03. The summed E-state index contributed by atoms with van der Waals surface area (Å²) >= 11 is 0. The van der Waals surface area contributed by atoms with E-state index < -0.39 is 0 Å². The first kappa shape index (κ1) is 12.5. The van der Waals surface area contributed by atoms with E-state index in [0.29, 0.717) is 23.2 Å². The number of rotatable bonds is 4. The molecule has 0 aliphatic rings. The van der Waals surface area contributed by atoms with Gasteiger partial charge in [0.25, 0.3) is 0 Å². The minimum atomic E-state index is -0.375. The molecule has 1 rings (SSSR count). The Hall–Kier alpha value is -1.56. The van der Waals surface area contributed by atoms with Crippen LogP contribution in [0.4, 0.5) is 10.1 Å². The number of anilines is 1. The van der Waals surface area contributed by atoms with Crippen molar-refractivity contribution in [2.24, 2.45) is 5.92 Å². The van der Waals surface area contributed by atoms with Gasteiger partial charge in [0.2, 0.25) is 0 Å². The molecule has 1 unspecified atom stereocenters. The predicted molar refractivity (Wildman–Crippen MR) is 63.7 cm³/mol. The molecule has 0 radical (unpaired) electrons. The lowest BCUT2D eigenvalue weighted by atomic mass is 10.0. The minimum Gasteiger partial charge on any atom is -0.382 e. The Morgan fingerprint density at radius 3 is 2.56 bits per heavy atom. The molecular formula is C13H17FN2. The van der Waals surface area contributed by atoms with Crippen molar-refractivity contribution in [3.8, 4) is 6.07 Å². The molecule has 3 heteroatoms. The molecule has 1 atom stereocenters. The Labute approximate surface area is 96.1 Å². The normalized spacial score (nSPS) is 12.2. The zero-order valence-corrected chi connectivity index (χ0v) is 9.92. The minimum absolute atomic E-state index is 0.299. The summed E-state index contributed by atoms with van der Waals surface area (Å²) in [7, 11) is 0. The van der Waals surface area contributed by atoms with E-state index in [2.05, 4.69) is 26.1 Å². The number of benzene rings is 1. The van der Waals surface area contributed by atoms with Crippen LogP contribution in [0.25, 0.3) is 0 Å². The van der Waals surface area contributed by atoms with E-state index in [4.69, 9.17) is 5.26 Å². The highest BCUT2D eigenvalue weighted by molar-refractivity contribution is 5.50. The molecule has 2 nitrogen and oxygen atoms in total. The molecule has 86 valence electrons. The van der Waals surface area contributed by atoms with Gasteiger partial charge in [-0.1, -0.05) is 20.8 Å². The summed E-state index contributed by atoms with van der Waals surface area (Å²) in [5, 5.41) is 12.0. The van der Waals surface area contributed by atoms with E-state index in [0.717, 1.165) is 6.42 Å². The van der Waals surface area contributed by atoms with E-state index in [-0.39, 0.29) is 5.82 Å². The van der Waals surface area contributed by atoms with E-state index >= 15 is 0 Å². The average molecular weight is 220 g/mol. The SMILES string of the molecule is CCC(Nc1cc(F)cc(C#N)c1)C(C)C. The Kier molecular flexibility index (Phi) is 4.30. The Bertz CT molecular complexity index is 393. The zero-order chi connectivity index (χ0) is 12.1. The van der Waals surface area contributed by atoms with Crippen molar-refractivity contribution in [1.29, 1.82) is 5.26 Å². The zero-order valence-electron chi connectivity index (χ0n) is 9.92. The van der Waals surface area contributed by atoms with Gasteiger partial charge in [0.05, 0.1) is 11.6 Å². The summed E-state index contributed by atoms with van der Waals surface area (Å²) in [5.74, 6) is 0.0963. The molecule has 0 heterocycles. The maximum atomic E-state index is 13.2. The summed E-state index contributed by atoms with van der Waals surface area (Å²) in [6.07, 6.45) is 0.968. The van der Waals surface area contributed by atoms with E-state index in [9.17, 15) is 4.39 Å². The Balaban J connectivity index is 2.88. The lowest BCUT2D eigenvalue weighted by Crippen LogP contribution is -2.24. The highest BCUT2D eigenvalue weighted by Crippen LogP contribution is 2.18. The monoisotopic (exact) mass is 220 g/mol. The van der Waals surface area contributed by atoms with Crippen LogP contribution in [0.15, 0.2) is 18.2 Å². The van der Waals surface area contributed by atoms with Crippen molar-refractivity contribution in [3.05, 3.63) is 29.6 Å². The first-order valence-electron chi connectivity index (χ1n) is 5.54. The number of hydrogen-bond donors (Lipinski definition) is 1. The lowest BCUT2D eigenvalue weighted by molar-refractivity contribution is 0.510. The highest BCUT2D eigenvalue weighted by Gasteiger charge is 2.11. The van der Waals surface area contributed by atoms with Gasteiger partial charge >= 0.3 is 0 Å². The van der Waals surface area contributed by atoms with E-state index in [1.54, 1.807) is 6.07 Å². The summed E-state index contributed by atoms with van der Waals surface area (Å²) in [6, 6.07) is 6.58. The fourth-order valence-corrected chi connectivity index (χ4v) is 1.69. The molecule has 1 aromatic carbocycles. The topological polar surface area (TPSA) is 35.8 Å². The Morgan fingerprint density at radius 2 is 2.06 bits per heavy atom. The third-order valence-corrected chi connectivity index (χ3v) is 2.62. The van der Waals surface area contributed by atoms with Crippen LogP contribution >= 0.6 is 0 Å². The summed E-state index contributed by atoms with van der Waals surface area (Å²) < 4.78 is 13.2. The van der Waals surface area contributed by atoms with Gasteiger partial charge < -0.3 is 5.32 Å². The number of halogens is 1. The summed E-state index contributed by atoms with van der Waals surface area (Å²) in [4.78, 5) is 0. The molecule has 16 heavy (non-hydrogen) atoms. The first-order valence-corrected chi connectivity index (χ1v) is 5.54. The molecule has 0 saturated carbocycles. The van der Waals surface area contributed by atoms with Crippen molar-refractivity contribution >= 4 is 5.69 Å². The molecule has 0 bridgehead atoms. The molecule has 0 saturated heterocycles. The predicted octanol–water partition coefficient (Wildman–Crippen LogP) is 3.54. The second-order valence-corrected chi connectivity index (χ2v) is 4.24. The average Bonchev–Trinajstić information content (AvgIpc) is 2.24. The Morgan fingerprint density at radius 1 is 1.38 bits per heavy atom. The second kappa shape index (κ2) is 5.50. The fourth-order valence-electron chi connectivity index (χ4n) is 1.69. The van der Waals surface area contributed by atoms with Crippen LogP contribution in [-0.2, 0) is 0 Å². The number of nitrogens with zero attached hydrogens (tertiary/aromatic N) is 1. The maximum Gasteiger partial charge on any atom is 0.126 e. The van der Waals surface area contributed by atoms with Gasteiger partial charge in [-0.25, -0.2) is 4.39 Å². The molecule has 0 amide bonds. The maximum absolute atomic E-state index is 13.2. The third kappa shape index (κ3) is 3.23. The van der Waals surface area contributed by atoms with Gasteiger partial charge in [-0.05, 0) is 30.5 Å². The van der Waals surface area contributed by atoms with Crippen LogP contribution in [0.2, 0.25) is 0 Å². The molecule has 1 N–H and O–H groups in total. The van der Waals surface area contributed by atoms with Crippen molar-refractivity contribution < 1.29 is 4.39 Å². The lowest BCUT2D eigenvalue weighted by Gasteiger charge is -2.22. The van der Waals surface area contributed by atoms with Crippen LogP contribution in [0.1, 0.15) is 32.8 Å². The van der Waals surface area contributed by atoms with Crippen molar-refractivity contribution in [2.75, 3.05) is 5.32 Å². The molecule has 0 spiro atoms. The first-order chi connectivity index (χ1) is 7.56. The van der Waals surface area contributed by atoms with Crippen LogP contribution in [0, 0.1) is 23.1 Å². The third-order valence-electron chi connectivity index (χ3n) is 2.62. The van der Waals surface area contributed by atoms with Gasteiger partial charge in [0, 0.05) is 11.7 Å². The number of hydrogen-bond acceptors (Lipinski definition) is 2. The van der Waals surface area contributed by atoms with Crippen LogP contribution in [0.5, 0.6) is 0 Å². The molecule has 0 aliphatic heterocycles. The molecule has 1 aromatic rings. The smallest absolute Gasteiger partial charge is 0.126 e.